The Morgan fingerprint density at radius 3 is 1.24 bits per heavy atom. The van der Waals surface area contributed by atoms with E-state index in [4.69, 9.17) is 9.47 Å². The van der Waals surface area contributed by atoms with Crippen LogP contribution in [0.3, 0.4) is 0 Å². The van der Waals surface area contributed by atoms with Gasteiger partial charge in [0.15, 0.2) is 0 Å². The van der Waals surface area contributed by atoms with Gasteiger partial charge in [-0.15, -0.1) is 0 Å². The second-order valence-electron chi connectivity index (χ2n) is 11.6. The number of ether oxygens (including phenoxy) is 2. The van der Waals surface area contributed by atoms with Crippen molar-refractivity contribution in [1.82, 2.24) is 0 Å². The first kappa shape index (κ1) is 31.0. The maximum atomic E-state index is 12.4. The Hall–Kier alpha value is -1.06. The van der Waals surface area contributed by atoms with Crippen LogP contribution < -0.4 is 0 Å². The molecule has 1 saturated carbocycles. The highest BCUT2D eigenvalue weighted by molar-refractivity contribution is 5.75. The Labute approximate surface area is 211 Å². The van der Waals surface area contributed by atoms with Crippen LogP contribution in [0.25, 0.3) is 0 Å². The van der Waals surface area contributed by atoms with Crippen LogP contribution in [0, 0.1) is 35.5 Å². The highest BCUT2D eigenvalue weighted by atomic mass is 16.5. The van der Waals surface area contributed by atoms with Crippen molar-refractivity contribution >= 4 is 11.9 Å². The maximum Gasteiger partial charge on any atom is 0.308 e. The van der Waals surface area contributed by atoms with Crippen LogP contribution in [0.1, 0.15) is 131 Å². The Bertz CT molecular complexity index is 490. The number of carbonyl (C=O) groups is 2. The molecule has 4 unspecified atom stereocenters. The van der Waals surface area contributed by atoms with Gasteiger partial charge in [0, 0.05) is 0 Å². The molecule has 4 nitrogen and oxygen atoms in total. The molecule has 34 heavy (non-hydrogen) atoms. The summed E-state index contributed by atoms with van der Waals surface area (Å²) in [4.78, 5) is 24.8. The number of hydrogen-bond donors (Lipinski definition) is 0. The number of rotatable bonds is 18. The molecule has 0 aromatic rings. The van der Waals surface area contributed by atoms with E-state index in [1.807, 2.05) is 0 Å². The molecule has 0 bridgehead atoms. The summed E-state index contributed by atoms with van der Waals surface area (Å²) in [5.41, 5.74) is 0. The zero-order valence-corrected chi connectivity index (χ0v) is 23.4. The van der Waals surface area contributed by atoms with Crippen LogP contribution in [0.5, 0.6) is 0 Å². The lowest BCUT2D eigenvalue weighted by molar-refractivity contribution is -0.155. The van der Waals surface area contributed by atoms with E-state index >= 15 is 0 Å². The van der Waals surface area contributed by atoms with Crippen LogP contribution >= 0.6 is 0 Å². The minimum atomic E-state index is -0.0644. The molecule has 200 valence electrons. The van der Waals surface area contributed by atoms with E-state index in [1.54, 1.807) is 0 Å². The Balaban J connectivity index is 2.11. The van der Waals surface area contributed by atoms with Crippen molar-refractivity contribution in [2.75, 3.05) is 13.2 Å². The molecule has 0 aromatic heterocycles. The molecule has 4 heteroatoms. The summed E-state index contributed by atoms with van der Waals surface area (Å²) in [5.74, 6) is 2.79. The summed E-state index contributed by atoms with van der Waals surface area (Å²) >= 11 is 0. The topological polar surface area (TPSA) is 52.6 Å². The highest BCUT2D eigenvalue weighted by Crippen LogP contribution is 2.31. The normalized spacial score (nSPS) is 21.9. The molecule has 1 rings (SSSR count). The molecule has 0 N–H and O–H groups in total. The van der Waals surface area contributed by atoms with Crippen LogP contribution in [0.15, 0.2) is 0 Å². The second-order valence-corrected chi connectivity index (χ2v) is 11.6. The highest BCUT2D eigenvalue weighted by Gasteiger charge is 2.31. The van der Waals surface area contributed by atoms with Gasteiger partial charge < -0.3 is 9.47 Å². The lowest BCUT2D eigenvalue weighted by atomic mass is 9.82. The molecule has 0 radical (unpaired) electrons. The first-order chi connectivity index (χ1) is 16.3. The van der Waals surface area contributed by atoms with Gasteiger partial charge in [-0.25, -0.2) is 0 Å². The Morgan fingerprint density at radius 2 is 0.912 bits per heavy atom. The van der Waals surface area contributed by atoms with Crippen molar-refractivity contribution in [2.24, 2.45) is 35.5 Å². The van der Waals surface area contributed by atoms with Crippen LogP contribution in [-0.4, -0.2) is 25.2 Å². The zero-order valence-electron chi connectivity index (χ0n) is 23.4. The maximum absolute atomic E-state index is 12.4. The lowest BCUT2D eigenvalue weighted by Gasteiger charge is -2.26. The molecular weight excluding hydrogens is 424 g/mol. The van der Waals surface area contributed by atoms with Crippen molar-refractivity contribution in [3.05, 3.63) is 0 Å². The molecule has 1 aliphatic carbocycles. The standard InChI is InChI=1S/C30H56O4/c1-7-23(3)13-15-25(5)11-9-21-33-29(31)27-17-19-28(20-18-27)30(32)34-22-10-12-26(6)16-14-24(4)8-2/h23-28H,7-22H2,1-6H3. The van der Waals surface area contributed by atoms with E-state index < -0.39 is 0 Å². The first-order valence-electron chi connectivity index (χ1n) is 14.6. The quantitative estimate of drug-likeness (QED) is 0.146. The summed E-state index contributed by atoms with van der Waals surface area (Å²) in [6.07, 6.45) is 14.8. The van der Waals surface area contributed by atoms with Gasteiger partial charge >= 0.3 is 11.9 Å². The summed E-state index contributed by atoms with van der Waals surface area (Å²) in [7, 11) is 0. The van der Waals surface area contributed by atoms with Crippen LogP contribution in [0.4, 0.5) is 0 Å². The van der Waals surface area contributed by atoms with E-state index in [-0.39, 0.29) is 23.8 Å². The third-order valence-corrected chi connectivity index (χ3v) is 8.26. The van der Waals surface area contributed by atoms with Gasteiger partial charge in [-0.3, -0.25) is 9.59 Å². The minimum absolute atomic E-state index is 0.0433. The fourth-order valence-corrected chi connectivity index (χ4v) is 4.84. The Kier molecular flexibility index (Phi) is 16.6. The number of hydrogen-bond acceptors (Lipinski definition) is 4. The third-order valence-electron chi connectivity index (χ3n) is 8.26. The summed E-state index contributed by atoms with van der Waals surface area (Å²) in [6, 6.07) is 0. The van der Waals surface area contributed by atoms with Gasteiger partial charge in [0.25, 0.3) is 0 Å². The molecule has 1 fully saturated rings. The van der Waals surface area contributed by atoms with Gasteiger partial charge in [-0.2, -0.15) is 0 Å². The van der Waals surface area contributed by atoms with E-state index in [0.717, 1.165) is 63.2 Å². The largest absolute Gasteiger partial charge is 0.465 e. The molecule has 0 heterocycles. The fraction of sp³-hybridized carbons (Fsp3) is 0.933. The Morgan fingerprint density at radius 1 is 0.588 bits per heavy atom. The van der Waals surface area contributed by atoms with Gasteiger partial charge in [-0.1, -0.05) is 80.1 Å². The van der Waals surface area contributed by atoms with Crippen molar-refractivity contribution in [2.45, 2.75) is 131 Å². The molecule has 0 amide bonds. The van der Waals surface area contributed by atoms with E-state index in [1.165, 1.54) is 38.5 Å². The van der Waals surface area contributed by atoms with Gasteiger partial charge in [0.2, 0.25) is 0 Å². The average Bonchev–Trinajstić information content (AvgIpc) is 2.85. The molecule has 0 spiro atoms. The molecule has 4 atom stereocenters. The van der Waals surface area contributed by atoms with Crippen molar-refractivity contribution in [3.8, 4) is 0 Å². The van der Waals surface area contributed by atoms with Crippen LogP contribution in [0.2, 0.25) is 0 Å². The third kappa shape index (κ3) is 13.7. The second kappa shape index (κ2) is 18.2. The van der Waals surface area contributed by atoms with E-state index in [9.17, 15) is 9.59 Å². The number of esters is 2. The first-order valence-corrected chi connectivity index (χ1v) is 14.6. The smallest absolute Gasteiger partial charge is 0.308 e. The monoisotopic (exact) mass is 480 g/mol. The zero-order chi connectivity index (χ0) is 25.3. The minimum Gasteiger partial charge on any atom is -0.465 e. The molecule has 0 aromatic carbocycles. The van der Waals surface area contributed by atoms with E-state index in [2.05, 4.69) is 41.5 Å². The molecular formula is C30H56O4. The summed E-state index contributed by atoms with van der Waals surface area (Å²) < 4.78 is 11.1. The van der Waals surface area contributed by atoms with Crippen molar-refractivity contribution < 1.29 is 19.1 Å². The molecule has 1 aliphatic rings. The van der Waals surface area contributed by atoms with Crippen LogP contribution in [-0.2, 0) is 19.1 Å². The van der Waals surface area contributed by atoms with Gasteiger partial charge in [0.05, 0.1) is 25.0 Å². The lowest BCUT2D eigenvalue weighted by Crippen LogP contribution is -2.28. The predicted octanol–water partition coefficient (Wildman–Crippen LogP) is 8.36. The predicted molar refractivity (Wildman–Crippen MR) is 142 cm³/mol. The number of carbonyl (C=O) groups excluding carboxylic acids is 2. The van der Waals surface area contributed by atoms with Crippen molar-refractivity contribution in [3.63, 3.8) is 0 Å². The SMILES string of the molecule is CCC(C)CCC(C)CCCOC(=O)C1CCC(C(=O)OCCCC(C)CCC(C)CC)CC1. The van der Waals surface area contributed by atoms with E-state index in [0.29, 0.717) is 25.0 Å². The van der Waals surface area contributed by atoms with Crippen molar-refractivity contribution in [1.29, 1.82) is 0 Å². The molecule has 0 saturated heterocycles. The molecule has 0 aliphatic heterocycles. The average molecular weight is 481 g/mol. The van der Waals surface area contributed by atoms with Gasteiger partial charge in [0.1, 0.15) is 0 Å². The fourth-order valence-electron chi connectivity index (χ4n) is 4.84. The van der Waals surface area contributed by atoms with Gasteiger partial charge in [-0.05, 0) is 75.0 Å². The summed E-state index contributed by atoms with van der Waals surface area (Å²) in [6.45, 7) is 14.8. The summed E-state index contributed by atoms with van der Waals surface area (Å²) in [5, 5.41) is 0.